The molecule has 0 saturated carbocycles. The predicted octanol–water partition coefficient (Wildman–Crippen LogP) is 0.742. The highest BCUT2D eigenvalue weighted by Gasteiger charge is 2.55. The minimum absolute atomic E-state index is 0.150. The van der Waals surface area contributed by atoms with Crippen molar-refractivity contribution in [2.75, 3.05) is 13.7 Å². The van der Waals surface area contributed by atoms with E-state index in [1.165, 1.54) is 0 Å². The molecule has 0 N–H and O–H groups in total. The number of hydrogen-bond acceptors (Lipinski definition) is 10. The van der Waals surface area contributed by atoms with Gasteiger partial charge in [-0.15, -0.1) is 0 Å². The summed E-state index contributed by atoms with van der Waals surface area (Å²) in [5.41, 5.74) is 0. The molecule has 1 unspecified atom stereocenters. The Balaban J connectivity index is 3.30. The summed E-state index contributed by atoms with van der Waals surface area (Å²) in [7, 11) is 1.13. The summed E-state index contributed by atoms with van der Waals surface area (Å²) in [6.45, 7) is 7.54. The molecular formula is C18H28O10. The number of carbonyl (C=O) groups excluding carboxylic acids is 4. The number of esters is 4. The average Bonchev–Trinajstić information content (AvgIpc) is 2.61. The minimum atomic E-state index is -1.44. The van der Waals surface area contributed by atoms with Gasteiger partial charge in [0, 0.05) is 20.8 Å². The fourth-order valence-corrected chi connectivity index (χ4v) is 2.59. The van der Waals surface area contributed by atoms with Crippen molar-refractivity contribution >= 4 is 23.9 Å². The zero-order valence-electron chi connectivity index (χ0n) is 17.0. The minimum Gasteiger partial charge on any atom is -0.467 e. The van der Waals surface area contributed by atoms with Crippen LogP contribution in [0.15, 0.2) is 0 Å². The molecule has 10 heteroatoms. The van der Waals surface area contributed by atoms with E-state index >= 15 is 0 Å². The Kier molecular flexibility index (Phi) is 9.33. The fraction of sp³-hybridized carbons (Fsp3) is 0.778. The average molecular weight is 404 g/mol. The summed E-state index contributed by atoms with van der Waals surface area (Å²) >= 11 is 0. The molecule has 6 atom stereocenters. The summed E-state index contributed by atoms with van der Waals surface area (Å²) in [5.74, 6) is -2.88. The molecular weight excluding hydrogens is 376 g/mol. The van der Waals surface area contributed by atoms with E-state index in [1.54, 1.807) is 0 Å². The first-order valence-corrected chi connectivity index (χ1v) is 8.97. The van der Waals surface area contributed by atoms with Crippen LogP contribution >= 0.6 is 0 Å². The van der Waals surface area contributed by atoms with Gasteiger partial charge in [-0.25, -0.2) is 4.79 Å². The molecule has 160 valence electrons. The lowest BCUT2D eigenvalue weighted by Gasteiger charge is -2.43. The second-order valence-corrected chi connectivity index (χ2v) is 6.52. The quantitative estimate of drug-likeness (QED) is 0.423. The Bertz CT molecular complexity index is 575. The van der Waals surface area contributed by atoms with Crippen LogP contribution in [0.3, 0.4) is 0 Å². The SMILES string of the molecule is CCC(C)CO[C@@H]1O[C@H](C(=O)OC)[C@@H](OC(C)=O)[C@H](OC(C)=O)[C@H]1OC(C)=O. The van der Waals surface area contributed by atoms with Gasteiger partial charge in [0.1, 0.15) is 0 Å². The highest BCUT2D eigenvalue weighted by atomic mass is 16.7. The topological polar surface area (TPSA) is 124 Å². The van der Waals surface area contributed by atoms with Crippen LogP contribution in [-0.4, -0.2) is 68.3 Å². The van der Waals surface area contributed by atoms with Crippen LogP contribution in [0.1, 0.15) is 41.0 Å². The van der Waals surface area contributed by atoms with Crippen LogP contribution in [0, 0.1) is 5.92 Å². The van der Waals surface area contributed by atoms with E-state index < -0.39 is 54.6 Å². The van der Waals surface area contributed by atoms with Gasteiger partial charge in [-0.2, -0.15) is 0 Å². The summed E-state index contributed by atoms with van der Waals surface area (Å²) in [5, 5.41) is 0. The Morgan fingerprint density at radius 1 is 0.893 bits per heavy atom. The second-order valence-electron chi connectivity index (χ2n) is 6.52. The van der Waals surface area contributed by atoms with E-state index in [2.05, 4.69) is 0 Å². The number of ether oxygens (including phenoxy) is 6. The van der Waals surface area contributed by atoms with E-state index in [9.17, 15) is 19.2 Å². The van der Waals surface area contributed by atoms with Gasteiger partial charge in [0.15, 0.2) is 30.7 Å². The largest absolute Gasteiger partial charge is 0.467 e. The first kappa shape index (κ1) is 23.8. The third-order valence-corrected chi connectivity index (χ3v) is 4.08. The molecule has 0 amide bonds. The normalized spacial score (nSPS) is 28.0. The van der Waals surface area contributed by atoms with Gasteiger partial charge in [0.05, 0.1) is 13.7 Å². The maximum Gasteiger partial charge on any atom is 0.339 e. The number of methoxy groups -OCH3 is 1. The number of rotatable bonds is 8. The lowest BCUT2D eigenvalue weighted by molar-refractivity contribution is -0.303. The van der Waals surface area contributed by atoms with Crippen LogP contribution in [-0.2, 0) is 47.6 Å². The maximum atomic E-state index is 12.2. The zero-order chi connectivity index (χ0) is 21.4. The van der Waals surface area contributed by atoms with Gasteiger partial charge in [-0.3, -0.25) is 14.4 Å². The maximum absolute atomic E-state index is 12.2. The molecule has 0 bridgehead atoms. The molecule has 0 spiro atoms. The second kappa shape index (κ2) is 11.0. The van der Waals surface area contributed by atoms with Crippen LogP contribution < -0.4 is 0 Å². The van der Waals surface area contributed by atoms with Crippen molar-refractivity contribution in [3.63, 3.8) is 0 Å². The smallest absolute Gasteiger partial charge is 0.339 e. The van der Waals surface area contributed by atoms with Crippen molar-refractivity contribution in [3.8, 4) is 0 Å². The fourth-order valence-electron chi connectivity index (χ4n) is 2.59. The number of hydrogen-bond donors (Lipinski definition) is 0. The lowest BCUT2D eigenvalue weighted by Crippen LogP contribution is -2.64. The Labute approximate surface area is 163 Å². The van der Waals surface area contributed by atoms with Crippen molar-refractivity contribution in [1.82, 2.24) is 0 Å². The Morgan fingerprint density at radius 3 is 1.86 bits per heavy atom. The van der Waals surface area contributed by atoms with Crippen molar-refractivity contribution in [1.29, 1.82) is 0 Å². The van der Waals surface area contributed by atoms with Gasteiger partial charge in [-0.05, 0) is 5.92 Å². The molecule has 1 rings (SSSR count). The highest BCUT2D eigenvalue weighted by molar-refractivity contribution is 5.77. The molecule has 0 aliphatic carbocycles. The molecule has 1 fully saturated rings. The van der Waals surface area contributed by atoms with E-state index in [1.807, 2.05) is 13.8 Å². The summed E-state index contributed by atoms with van der Waals surface area (Å²) in [4.78, 5) is 47.0. The van der Waals surface area contributed by atoms with Crippen molar-refractivity contribution < 1.29 is 47.6 Å². The van der Waals surface area contributed by atoms with Crippen LogP contribution in [0.25, 0.3) is 0 Å². The summed E-state index contributed by atoms with van der Waals surface area (Å²) < 4.78 is 31.7. The molecule has 28 heavy (non-hydrogen) atoms. The van der Waals surface area contributed by atoms with E-state index in [-0.39, 0.29) is 12.5 Å². The van der Waals surface area contributed by atoms with Crippen LogP contribution in [0.4, 0.5) is 0 Å². The number of carbonyl (C=O) groups is 4. The van der Waals surface area contributed by atoms with Gasteiger partial charge < -0.3 is 28.4 Å². The highest BCUT2D eigenvalue weighted by Crippen LogP contribution is 2.30. The van der Waals surface area contributed by atoms with Crippen molar-refractivity contribution in [2.45, 2.75) is 71.7 Å². The molecule has 0 aromatic heterocycles. The van der Waals surface area contributed by atoms with E-state index in [0.29, 0.717) is 0 Å². The molecule has 1 aliphatic heterocycles. The molecule has 1 saturated heterocycles. The molecule has 0 aromatic carbocycles. The third-order valence-electron chi connectivity index (χ3n) is 4.08. The molecule has 1 aliphatic rings. The molecule has 0 radical (unpaired) electrons. The van der Waals surface area contributed by atoms with Gasteiger partial charge in [0.2, 0.25) is 0 Å². The van der Waals surface area contributed by atoms with E-state index in [0.717, 1.165) is 34.3 Å². The molecule has 0 aromatic rings. The Morgan fingerprint density at radius 2 is 1.39 bits per heavy atom. The molecule has 10 nitrogen and oxygen atoms in total. The lowest BCUT2D eigenvalue weighted by atomic mass is 9.97. The van der Waals surface area contributed by atoms with E-state index in [4.69, 9.17) is 28.4 Å². The monoisotopic (exact) mass is 404 g/mol. The zero-order valence-corrected chi connectivity index (χ0v) is 17.0. The Hall–Kier alpha value is -2.20. The summed E-state index contributed by atoms with van der Waals surface area (Å²) in [6, 6.07) is 0. The first-order chi connectivity index (χ1) is 13.1. The van der Waals surface area contributed by atoms with Gasteiger partial charge in [-0.1, -0.05) is 20.3 Å². The standard InChI is InChI=1S/C18H28O10/c1-7-9(2)8-24-18-16(27-12(5)21)14(26-11(4)20)13(25-10(3)19)15(28-18)17(22)23-6/h9,13-16,18H,7-8H2,1-6H3/t9?,13-,14-,15-,16+,18+/m0/s1. The summed E-state index contributed by atoms with van der Waals surface area (Å²) in [6.07, 6.45) is -5.83. The third kappa shape index (κ3) is 6.75. The van der Waals surface area contributed by atoms with Gasteiger partial charge in [0.25, 0.3) is 0 Å². The van der Waals surface area contributed by atoms with Crippen LogP contribution in [0.2, 0.25) is 0 Å². The molecule has 1 heterocycles. The van der Waals surface area contributed by atoms with Crippen molar-refractivity contribution in [3.05, 3.63) is 0 Å². The first-order valence-electron chi connectivity index (χ1n) is 8.97. The van der Waals surface area contributed by atoms with Crippen molar-refractivity contribution in [2.24, 2.45) is 5.92 Å². The van der Waals surface area contributed by atoms with Gasteiger partial charge >= 0.3 is 23.9 Å². The predicted molar refractivity (Wildman–Crippen MR) is 92.7 cm³/mol. The van der Waals surface area contributed by atoms with Crippen LogP contribution in [0.5, 0.6) is 0 Å².